The van der Waals surface area contributed by atoms with E-state index < -0.39 is 0 Å². The van der Waals surface area contributed by atoms with E-state index in [-0.39, 0.29) is 12.5 Å². The van der Waals surface area contributed by atoms with Crippen molar-refractivity contribution >= 4 is 38.6 Å². The Morgan fingerprint density at radius 3 is 3.12 bits per heavy atom. The number of rotatable bonds is 3. The molecule has 88 valence electrons. The van der Waals surface area contributed by atoms with Crippen molar-refractivity contribution in [1.82, 2.24) is 9.97 Å². The van der Waals surface area contributed by atoms with E-state index in [1.165, 1.54) is 7.11 Å². The number of hydrogen-bond acceptors (Lipinski definition) is 5. The summed E-state index contributed by atoms with van der Waals surface area (Å²) in [5.41, 5.74) is 2.24. The van der Waals surface area contributed by atoms with Crippen LogP contribution in [0.3, 0.4) is 0 Å². The van der Waals surface area contributed by atoms with Crippen LogP contribution in [0.4, 0.5) is 5.69 Å². The molecule has 5 nitrogen and oxygen atoms in total. The normalized spacial score (nSPS) is 10.2. The highest BCUT2D eigenvalue weighted by Crippen LogP contribution is 2.21. The van der Waals surface area contributed by atoms with Crippen molar-refractivity contribution in [2.24, 2.45) is 0 Å². The van der Waals surface area contributed by atoms with Gasteiger partial charge in [-0.3, -0.25) is 14.8 Å². The smallest absolute Gasteiger partial charge is 0.325 e. The number of ether oxygens (including phenoxy) is 1. The van der Waals surface area contributed by atoms with Crippen molar-refractivity contribution < 1.29 is 9.53 Å². The zero-order chi connectivity index (χ0) is 12.3. The van der Waals surface area contributed by atoms with Crippen molar-refractivity contribution in [2.45, 2.75) is 0 Å². The highest BCUT2D eigenvalue weighted by molar-refractivity contribution is 9.10. The maximum atomic E-state index is 11.0. The molecule has 0 fully saturated rings. The van der Waals surface area contributed by atoms with E-state index in [1.54, 1.807) is 18.5 Å². The second-order valence-corrected chi connectivity index (χ2v) is 4.23. The van der Waals surface area contributed by atoms with Crippen LogP contribution in [0, 0.1) is 0 Å². The molecule has 0 atom stereocenters. The summed E-state index contributed by atoms with van der Waals surface area (Å²) in [6, 6.07) is 3.64. The summed E-state index contributed by atoms with van der Waals surface area (Å²) in [4.78, 5) is 19.5. The van der Waals surface area contributed by atoms with Crippen LogP contribution >= 0.6 is 15.9 Å². The number of anilines is 1. The first kappa shape index (κ1) is 11.8. The Morgan fingerprint density at radius 2 is 2.35 bits per heavy atom. The first-order valence-electron chi connectivity index (χ1n) is 4.91. The average Bonchev–Trinajstić information content (AvgIpc) is 2.35. The van der Waals surface area contributed by atoms with Crippen LogP contribution in [0.2, 0.25) is 0 Å². The number of hydrogen-bond donors (Lipinski definition) is 1. The molecule has 17 heavy (non-hydrogen) atoms. The predicted molar refractivity (Wildman–Crippen MR) is 67.7 cm³/mol. The lowest BCUT2D eigenvalue weighted by molar-refractivity contribution is -0.138. The van der Waals surface area contributed by atoms with Crippen molar-refractivity contribution in [2.75, 3.05) is 19.0 Å². The minimum atomic E-state index is -0.327. The van der Waals surface area contributed by atoms with Crippen molar-refractivity contribution in [3.05, 3.63) is 29.0 Å². The summed E-state index contributed by atoms with van der Waals surface area (Å²) < 4.78 is 5.42. The van der Waals surface area contributed by atoms with Gasteiger partial charge in [0.05, 0.1) is 18.3 Å². The molecule has 0 saturated carbocycles. The van der Waals surface area contributed by atoms with E-state index in [0.717, 1.165) is 21.2 Å². The topological polar surface area (TPSA) is 64.1 Å². The molecule has 0 aliphatic rings. The van der Waals surface area contributed by atoms with Gasteiger partial charge in [0.25, 0.3) is 0 Å². The van der Waals surface area contributed by atoms with Gasteiger partial charge in [-0.1, -0.05) is 0 Å². The lowest BCUT2D eigenvalue weighted by atomic mass is 10.3. The summed E-state index contributed by atoms with van der Waals surface area (Å²) >= 11 is 3.33. The maximum Gasteiger partial charge on any atom is 0.325 e. The summed E-state index contributed by atoms with van der Waals surface area (Å²) in [6.07, 6.45) is 3.35. The van der Waals surface area contributed by atoms with Gasteiger partial charge >= 0.3 is 5.97 Å². The van der Waals surface area contributed by atoms with Crippen LogP contribution in [-0.4, -0.2) is 29.6 Å². The number of pyridine rings is 2. The number of halogens is 1. The minimum Gasteiger partial charge on any atom is -0.468 e. The molecule has 1 N–H and O–H groups in total. The summed E-state index contributed by atoms with van der Waals surface area (Å²) in [7, 11) is 1.35. The number of methoxy groups -OCH3 is 1. The number of nitrogens with zero attached hydrogens (tertiary/aromatic N) is 2. The van der Waals surface area contributed by atoms with Crippen molar-refractivity contribution in [3.63, 3.8) is 0 Å². The molecule has 6 heteroatoms. The van der Waals surface area contributed by atoms with Gasteiger partial charge in [-0.05, 0) is 28.1 Å². The monoisotopic (exact) mass is 295 g/mol. The predicted octanol–water partition coefficient (Wildman–Crippen LogP) is 1.98. The van der Waals surface area contributed by atoms with E-state index >= 15 is 0 Å². The second kappa shape index (κ2) is 5.09. The Hall–Kier alpha value is -1.69. The quantitative estimate of drug-likeness (QED) is 0.877. The molecule has 2 heterocycles. The van der Waals surface area contributed by atoms with Crippen LogP contribution < -0.4 is 5.32 Å². The second-order valence-electron chi connectivity index (χ2n) is 3.31. The number of fused-ring (bicyclic) bond motifs is 1. The van der Waals surface area contributed by atoms with E-state index in [4.69, 9.17) is 0 Å². The fourth-order valence-electron chi connectivity index (χ4n) is 1.39. The van der Waals surface area contributed by atoms with Gasteiger partial charge in [0.2, 0.25) is 0 Å². The minimum absolute atomic E-state index is 0.105. The van der Waals surface area contributed by atoms with Gasteiger partial charge in [-0.2, -0.15) is 0 Å². The fraction of sp³-hybridized carbons (Fsp3) is 0.182. The van der Waals surface area contributed by atoms with Gasteiger partial charge < -0.3 is 10.1 Å². The average molecular weight is 296 g/mol. The first-order chi connectivity index (χ1) is 8.20. The third-order valence-corrected chi connectivity index (χ3v) is 2.63. The zero-order valence-electron chi connectivity index (χ0n) is 9.11. The molecule has 0 aliphatic heterocycles. The Labute approximate surface area is 106 Å². The van der Waals surface area contributed by atoms with Crippen LogP contribution in [0.15, 0.2) is 29.0 Å². The molecule has 0 aliphatic carbocycles. The van der Waals surface area contributed by atoms with Crippen LogP contribution in [0.1, 0.15) is 0 Å². The number of carbonyl (C=O) groups is 1. The highest BCUT2D eigenvalue weighted by Gasteiger charge is 2.05. The van der Waals surface area contributed by atoms with Crippen molar-refractivity contribution in [3.8, 4) is 0 Å². The van der Waals surface area contributed by atoms with E-state index in [9.17, 15) is 4.79 Å². The van der Waals surface area contributed by atoms with E-state index in [0.29, 0.717) is 0 Å². The third-order valence-electron chi connectivity index (χ3n) is 2.19. The Bertz CT molecular complexity index is 559. The van der Waals surface area contributed by atoms with Gasteiger partial charge in [0.1, 0.15) is 12.1 Å². The maximum absolute atomic E-state index is 11.0. The summed E-state index contributed by atoms with van der Waals surface area (Å²) in [5.74, 6) is -0.327. The fourth-order valence-corrected chi connectivity index (χ4v) is 1.71. The lowest BCUT2D eigenvalue weighted by Gasteiger charge is -2.07. The zero-order valence-corrected chi connectivity index (χ0v) is 10.7. The molecule has 0 unspecified atom stereocenters. The standard InChI is InChI=1S/C11H10BrN3O2/c1-17-10(16)6-14-8-2-3-13-9-4-7(12)5-15-11(8)9/h2-5H,6H2,1H3,(H,13,14). The summed E-state index contributed by atoms with van der Waals surface area (Å²) in [6.45, 7) is 0.105. The number of aromatic nitrogens is 2. The molecular formula is C11H10BrN3O2. The van der Waals surface area contributed by atoms with Gasteiger partial charge in [-0.25, -0.2) is 0 Å². The number of carbonyl (C=O) groups excluding carboxylic acids is 1. The molecule has 0 bridgehead atoms. The summed E-state index contributed by atoms with van der Waals surface area (Å²) in [5, 5.41) is 2.97. The number of esters is 1. The molecule has 0 spiro atoms. The SMILES string of the molecule is COC(=O)CNc1ccnc2cc(Br)cnc12. The van der Waals surface area contributed by atoms with Crippen molar-refractivity contribution in [1.29, 1.82) is 0 Å². The Morgan fingerprint density at radius 1 is 1.53 bits per heavy atom. The van der Waals surface area contributed by atoms with E-state index in [1.807, 2.05) is 6.07 Å². The van der Waals surface area contributed by atoms with Crippen LogP contribution in [0.5, 0.6) is 0 Å². The third kappa shape index (κ3) is 2.71. The van der Waals surface area contributed by atoms with Gasteiger partial charge in [0, 0.05) is 16.9 Å². The Kier molecular flexibility index (Phi) is 3.53. The largest absolute Gasteiger partial charge is 0.468 e. The van der Waals surface area contributed by atoms with Crippen LogP contribution in [-0.2, 0) is 9.53 Å². The molecule has 2 aromatic heterocycles. The molecule has 2 aromatic rings. The van der Waals surface area contributed by atoms with Gasteiger partial charge in [0.15, 0.2) is 0 Å². The molecule has 2 rings (SSSR count). The molecule has 0 amide bonds. The van der Waals surface area contributed by atoms with Gasteiger partial charge in [-0.15, -0.1) is 0 Å². The molecular weight excluding hydrogens is 286 g/mol. The number of nitrogens with one attached hydrogen (secondary N) is 1. The van der Waals surface area contributed by atoms with E-state index in [2.05, 4.69) is 36.0 Å². The molecule has 0 saturated heterocycles. The molecule has 0 aromatic carbocycles. The van der Waals surface area contributed by atoms with Crippen LogP contribution in [0.25, 0.3) is 11.0 Å². The first-order valence-corrected chi connectivity index (χ1v) is 5.71. The Balaban J connectivity index is 2.31. The lowest BCUT2D eigenvalue weighted by Crippen LogP contribution is -2.15. The highest BCUT2D eigenvalue weighted by atomic mass is 79.9. The molecule has 0 radical (unpaired) electrons.